The second kappa shape index (κ2) is 16.7. The average molecular weight is 583 g/mol. The van der Waals surface area contributed by atoms with E-state index in [1.807, 2.05) is 0 Å². The molecule has 0 unspecified atom stereocenters. The highest BCUT2D eigenvalue weighted by Gasteiger charge is 2.18. The lowest BCUT2D eigenvalue weighted by molar-refractivity contribution is 0.0952. The van der Waals surface area contributed by atoms with E-state index in [-0.39, 0.29) is 17.2 Å². The fourth-order valence-corrected chi connectivity index (χ4v) is 5.09. The Morgan fingerprint density at radius 1 is 0.756 bits per heavy atom. The zero-order chi connectivity index (χ0) is 29.6. The van der Waals surface area contributed by atoms with E-state index < -0.39 is 5.91 Å². The summed E-state index contributed by atoms with van der Waals surface area (Å²) in [4.78, 5) is 25.9. The van der Waals surface area contributed by atoms with E-state index in [0.717, 1.165) is 12.8 Å². The van der Waals surface area contributed by atoms with Crippen molar-refractivity contribution in [3.8, 4) is 17.2 Å². The summed E-state index contributed by atoms with van der Waals surface area (Å²) in [5.74, 6) is -0.116. The molecule has 7 nitrogen and oxygen atoms in total. The van der Waals surface area contributed by atoms with E-state index in [2.05, 4.69) is 17.6 Å². The van der Waals surface area contributed by atoms with Gasteiger partial charge in [0, 0.05) is 18.2 Å². The van der Waals surface area contributed by atoms with Crippen LogP contribution in [0, 0.1) is 0 Å². The van der Waals surface area contributed by atoms with Crippen LogP contribution in [0.4, 0.5) is 5.69 Å². The second-order valence-electron chi connectivity index (χ2n) is 10.4. The summed E-state index contributed by atoms with van der Waals surface area (Å²) in [6.45, 7) is 2.87. The lowest BCUT2D eigenvalue weighted by atomic mass is 10.0. The first-order valence-corrected chi connectivity index (χ1v) is 15.0. The average Bonchev–Trinajstić information content (AvgIpc) is 2.97. The van der Waals surface area contributed by atoms with Crippen LogP contribution in [0.3, 0.4) is 0 Å². The Morgan fingerprint density at radius 2 is 1.39 bits per heavy atom. The number of methoxy groups -OCH3 is 2. The summed E-state index contributed by atoms with van der Waals surface area (Å²) in [5.41, 5.74) is 0.893. The van der Waals surface area contributed by atoms with Crippen molar-refractivity contribution >= 4 is 39.9 Å². The maximum absolute atomic E-state index is 13.1. The largest absolute Gasteiger partial charge is 0.507 e. The molecule has 0 bridgehead atoms. The molecular formula is C33H43ClN2O5. The number of ether oxygens (including phenoxy) is 2. The number of benzene rings is 3. The van der Waals surface area contributed by atoms with Gasteiger partial charge in [-0.05, 0) is 47.5 Å². The summed E-state index contributed by atoms with van der Waals surface area (Å²) >= 11 is 6.22. The van der Waals surface area contributed by atoms with Gasteiger partial charge in [-0.1, -0.05) is 88.8 Å². The number of amides is 2. The molecule has 0 aliphatic heterocycles. The van der Waals surface area contributed by atoms with E-state index >= 15 is 0 Å². The van der Waals surface area contributed by atoms with E-state index in [1.54, 1.807) is 30.3 Å². The molecule has 8 heteroatoms. The number of carbonyl (C=O) groups excluding carboxylic acids is 2. The molecule has 0 saturated heterocycles. The van der Waals surface area contributed by atoms with Crippen molar-refractivity contribution in [2.75, 3.05) is 26.1 Å². The second-order valence-corrected chi connectivity index (χ2v) is 10.8. The molecule has 2 amide bonds. The summed E-state index contributed by atoms with van der Waals surface area (Å²) in [6.07, 6.45) is 13.9. The topological polar surface area (TPSA) is 96.9 Å². The van der Waals surface area contributed by atoms with Gasteiger partial charge in [-0.3, -0.25) is 9.59 Å². The molecule has 222 valence electrons. The van der Waals surface area contributed by atoms with Crippen molar-refractivity contribution in [3.63, 3.8) is 0 Å². The van der Waals surface area contributed by atoms with Gasteiger partial charge < -0.3 is 25.2 Å². The molecule has 3 aromatic carbocycles. The molecule has 0 heterocycles. The molecule has 0 aromatic heterocycles. The first-order valence-electron chi connectivity index (χ1n) is 14.7. The fraction of sp³-hybridized carbons (Fsp3) is 0.455. The maximum Gasteiger partial charge on any atom is 0.259 e. The van der Waals surface area contributed by atoms with Gasteiger partial charge in [-0.25, -0.2) is 0 Å². The molecule has 0 atom stereocenters. The van der Waals surface area contributed by atoms with Crippen LogP contribution >= 0.6 is 11.6 Å². The Balaban J connectivity index is 1.53. The summed E-state index contributed by atoms with van der Waals surface area (Å²) < 4.78 is 10.5. The molecule has 0 radical (unpaired) electrons. The van der Waals surface area contributed by atoms with Crippen molar-refractivity contribution < 1.29 is 24.2 Å². The van der Waals surface area contributed by atoms with Crippen molar-refractivity contribution in [3.05, 3.63) is 58.6 Å². The molecule has 0 fully saturated rings. The third-order valence-corrected chi connectivity index (χ3v) is 7.54. The summed E-state index contributed by atoms with van der Waals surface area (Å²) in [5, 5.41) is 18.0. The quantitative estimate of drug-likeness (QED) is 0.139. The maximum atomic E-state index is 13.1. The number of fused-ring (bicyclic) bond motifs is 1. The lowest BCUT2D eigenvalue weighted by Gasteiger charge is -2.14. The molecule has 41 heavy (non-hydrogen) atoms. The van der Waals surface area contributed by atoms with E-state index in [4.69, 9.17) is 21.1 Å². The van der Waals surface area contributed by atoms with E-state index in [1.165, 1.54) is 84.1 Å². The van der Waals surface area contributed by atoms with Gasteiger partial charge in [-0.2, -0.15) is 0 Å². The number of aromatic hydroxyl groups is 1. The number of anilines is 1. The van der Waals surface area contributed by atoms with E-state index in [0.29, 0.717) is 45.1 Å². The van der Waals surface area contributed by atoms with Crippen LogP contribution in [0.1, 0.15) is 98.3 Å². The number of hydrogen-bond donors (Lipinski definition) is 3. The third-order valence-electron chi connectivity index (χ3n) is 7.25. The molecule has 3 N–H and O–H groups in total. The molecular weight excluding hydrogens is 540 g/mol. The lowest BCUT2D eigenvalue weighted by Crippen LogP contribution is -2.24. The number of nitrogens with one attached hydrogen (secondary N) is 2. The van der Waals surface area contributed by atoms with Gasteiger partial charge in [0.2, 0.25) is 0 Å². The monoisotopic (exact) mass is 582 g/mol. The van der Waals surface area contributed by atoms with Gasteiger partial charge in [0.15, 0.2) is 0 Å². The number of hydrogen-bond acceptors (Lipinski definition) is 5. The smallest absolute Gasteiger partial charge is 0.259 e. The molecule has 0 aliphatic carbocycles. The Hall–Kier alpha value is -3.45. The first-order chi connectivity index (χ1) is 19.9. The molecule has 0 aliphatic rings. The Bertz CT molecular complexity index is 1310. The van der Waals surface area contributed by atoms with Gasteiger partial charge in [0.1, 0.15) is 17.2 Å². The van der Waals surface area contributed by atoms with Crippen LogP contribution in [0.15, 0.2) is 42.5 Å². The van der Waals surface area contributed by atoms with Crippen molar-refractivity contribution in [1.29, 1.82) is 0 Å². The van der Waals surface area contributed by atoms with Gasteiger partial charge in [0.05, 0.1) is 30.5 Å². The summed E-state index contributed by atoms with van der Waals surface area (Å²) in [7, 11) is 2.95. The van der Waals surface area contributed by atoms with Gasteiger partial charge >= 0.3 is 0 Å². The molecule has 3 aromatic rings. The minimum Gasteiger partial charge on any atom is -0.507 e. The Labute approximate surface area is 248 Å². The minimum atomic E-state index is -0.546. The van der Waals surface area contributed by atoms with Crippen LogP contribution < -0.4 is 20.1 Å². The number of rotatable bonds is 17. The van der Waals surface area contributed by atoms with Gasteiger partial charge in [-0.15, -0.1) is 0 Å². The van der Waals surface area contributed by atoms with Gasteiger partial charge in [0.25, 0.3) is 11.8 Å². The SMILES string of the molecule is CCCCCCCCCCCCCNC(=O)c1ccc2cc(O)c(C(=O)Nc3cc(Cl)c(OC)cc3OC)cc2c1. The fourth-order valence-electron chi connectivity index (χ4n) is 4.85. The Kier molecular flexibility index (Phi) is 13.1. The van der Waals surface area contributed by atoms with Crippen LogP contribution in [0.2, 0.25) is 5.02 Å². The van der Waals surface area contributed by atoms with Crippen molar-refractivity contribution in [1.82, 2.24) is 5.32 Å². The summed E-state index contributed by atoms with van der Waals surface area (Å²) in [6, 6.07) is 11.4. The highest BCUT2D eigenvalue weighted by atomic mass is 35.5. The van der Waals surface area contributed by atoms with Crippen LogP contribution in [-0.2, 0) is 0 Å². The molecule has 3 rings (SSSR count). The zero-order valence-corrected chi connectivity index (χ0v) is 25.2. The number of phenols is 1. The van der Waals surface area contributed by atoms with Crippen LogP contribution in [0.25, 0.3) is 10.8 Å². The molecule has 0 spiro atoms. The number of halogens is 1. The predicted molar refractivity (Wildman–Crippen MR) is 167 cm³/mol. The standard InChI is InChI=1S/C33H43ClN2O5/c1-4-5-6-7-8-9-10-11-12-13-14-17-35-32(38)24-16-15-23-20-29(37)26(19-25(23)18-24)33(39)36-28-21-27(34)30(40-2)22-31(28)41-3/h15-16,18-22,37H,4-14,17H2,1-3H3,(H,35,38)(H,36,39). The number of unbranched alkanes of at least 4 members (excludes halogenated alkanes) is 10. The van der Waals surface area contributed by atoms with Crippen molar-refractivity contribution in [2.45, 2.75) is 77.6 Å². The third kappa shape index (κ3) is 9.56. The highest BCUT2D eigenvalue weighted by Crippen LogP contribution is 2.36. The number of carbonyl (C=O) groups is 2. The van der Waals surface area contributed by atoms with Crippen LogP contribution in [0.5, 0.6) is 17.2 Å². The predicted octanol–water partition coefficient (Wildman–Crippen LogP) is 8.51. The number of phenolic OH excluding ortho intramolecular Hbond substituents is 1. The normalized spacial score (nSPS) is 10.9. The zero-order valence-electron chi connectivity index (χ0n) is 24.5. The van der Waals surface area contributed by atoms with E-state index in [9.17, 15) is 14.7 Å². The molecule has 0 saturated carbocycles. The highest BCUT2D eigenvalue weighted by molar-refractivity contribution is 6.32. The Morgan fingerprint density at radius 3 is 2.02 bits per heavy atom. The minimum absolute atomic E-state index is 0.0602. The van der Waals surface area contributed by atoms with Crippen molar-refractivity contribution in [2.24, 2.45) is 0 Å². The van der Waals surface area contributed by atoms with Crippen LogP contribution in [-0.4, -0.2) is 37.7 Å². The first kappa shape index (κ1) is 32.1.